The van der Waals surface area contributed by atoms with Crippen molar-refractivity contribution in [3.05, 3.63) is 63.7 Å². The van der Waals surface area contributed by atoms with Crippen LogP contribution in [0.3, 0.4) is 0 Å². The molecule has 1 heterocycles. The van der Waals surface area contributed by atoms with E-state index in [9.17, 15) is 4.79 Å². The van der Waals surface area contributed by atoms with E-state index in [2.05, 4.69) is 27.6 Å². The number of ether oxygens (including phenoxy) is 1. The number of amides is 1. The standard InChI is InChI=1S/C16H11IN2O2/c17-12-6-2-4-8-14(12)21-15-9-11(16(18)20)10-5-1-3-7-13(10)19-15/h1-9H,(H2,18,20). The van der Waals surface area contributed by atoms with Gasteiger partial charge in [-0.15, -0.1) is 0 Å². The van der Waals surface area contributed by atoms with Crippen LogP contribution in [0.15, 0.2) is 54.6 Å². The van der Waals surface area contributed by atoms with Crippen LogP contribution in [0.1, 0.15) is 10.4 Å². The number of rotatable bonds is 3. The van der Waals surface area contributed by atoms with Crippen molar-refractivity contribution in [3.8, 4) is 11.6 Å². The van der Waals surface area contributed by atoms with Gasteiger partial charge >= 0.3 is 0 Å². The number of carbonyl (C=O) groups excluding carboxylic acids is 1. The first-order valence-corrected chi connectivity index (χ1v) is 7.35. The molecule has 0 aliphatic rings. The molecule has 0 aliphatic heterocycles. The first-order chi connectivity index (χ1) is 10.1. The van der Waals surface area contributed by atoms with Gasteiger partial charge in [0, 0.05) is 11.5 Å². The highest BCUT2D eigenvalue weighted by Gasteiger charge is 2.12. The summed E-state index contributed by atoms with van der Waals surface area (Å²) in [4.78, 5) is 16.0. The van der Waals surface area contributed by atoms with E-state index in [1.165, 1.54) is 0 Å². The zero-order chi connectivity index (χ0) is 14.8. The third-order valence-corrected chi connectivity index (χ3v) is 3.90. The molecule has 0 saturated heterocycles. The summed E-state index contributed by atoms with van der Waals surface area (Å²) in [5.41, 5.74) is 6.53. The van der Waals surface area contributed by atoms with Gasteiger partial charge in [-0.3, -0.25) is 4.79 Å². The van der Waals surface area contributed by atoms with E-state index in [1.54, 1.807) is 6.07 Å². The lowest BCUT2D eigenvalue weighted by atomic mass is 10.1. The number of para-hydroxylation sites is 2. The minimum absolute atomic E-state index is 0.353. The second-order valence-corrected chi connectivity index (χ2v) is 5.58. The molecule has 0 aliphatic carbocycles. The van der Waals surface area contributed by atoms with E-state index in [1.807, 2.05) is 48.5 Å². The van der Waals surface area contributed by atoms with Crippen molar-refractivity contribution in [2.24, 2.45) is 5.73 Å². The smallest absolute Gasteiger partial charge is 0.249 e. The maximum Gasteiger partial charge on any atom is 0.249 e. The summed E-state index contributed by atoms with van der Waals surface area (Å²) >= 11 is 2.18. The molecule has 0 fully saturated rings. The van der Waals surface area contributed by atoms with Gasteiger partial charge in [-0.1, -0.05) is 30.3 Å². The Hall–Kier alpha value is -2.15. The Morgan fingerprint density at radius 1 is 1.10 bits per heavy atom. The van der Waals surface area contributed by atoms with Crippen molar-refractivity contribution in [2.75, 3.05) is 0 Å². The summed E-state index contributed by atoms with van der Waals surface area (Å²) in [6, 6.07) is 16.5. The highest BCUT2D eigenvalue weighted by atomic mass is 127. The molecule has 0 unspecified atom stereocenters. The van der Waals surface area contributed by atoms with Crippen molar-refractivity contribution < 1.29 is 9.53 Å². The van der Waals surface area contributed by atoms with Crippen LogP contribution in [-0.2, 0) is 0 Å². The molecular weight excluding hydrogens is 379 g/mol. The lowest BCUT2D eigenvalue weighted by Gasteiger charge is -2.09. The lowest BCUT2D eigenvalue weighted by molar-refractivity contribution is 0.100. The fourth-order valence-electron chi connectivity index (χ4n) is 2.05. The molecule has 104 valence electrons. The van der Waals surface area contributed by atoms with Crippen molar-refractivity contribution >= 4 is 39.4 Å². The molecule has 0 spiro atoms. The minimum atomic E-state index is -0.499. The topological polar surface area (TPSA) is 65.2 Å². The van der Waals surface area contributed by atoms with Gasteiger partial charge < -0.3 is 10.5 Å². The number of halogens is 1. The van der Waals surface area contributed by atoms with Crippen LogP contribution >= 0.6 is 22.6 Å². The fraction of sp³-hybridized carbons (Fsp3) is 0. The molecule has 4 nitrogen and oxygen atoms in total. The number of carbonyl (C=O) groups is 1. The Balaban J connectivity index is 2.11. The molecule has 21 heavy (non-hydrogen) atoms. The summed E-state index contributed by atoms with van der Waals surface area (Å²) in [7, 11) is 0. The molecular formula is C16H11IN2O2. The number of nitrogens with two attached hydrogens (primary N) is 1. The molecule has 0 saturated carbocycles. The first kappa shape index (κ1) is 13.8. The maximum absolute atomic E-state index is 11.6. The lowest BCUT2D eigenvalue weighted by Crippen LogP contribution is -2.12. The van der Waals surface area contributed by atoms with E-state index in [0.29, 0.717) is 22.7 Å². The second-order valence-electron chi connectivity index (χ2n) is 4.42. The molecule has 1 aromatic heterocycles. The van der Waals surface area contributed by atoms with Gasteiger partial charge in [0.1, 0.15) is 5.75 Å². The SMILES string of the molecule is NC(=O)c1cc(Oc2ccccc2I)nc2ccccc12. The van der Waals surface area contributed by atoms with Gasteiger partial charge in [0.15, 0.2) is 0 Å². The largest absolute Gasteiger partial charge is 0.438 e. The van der Waals surface area contributed by atoms with Crippen molar-refractivity contribution in [1.29, 1.82) is 0 Å². The third-order valence-electron chi connectivity index (χ3n) is 3.01. The summed E-state index contributed by atoms with van der Waals surface area (Å²) in [5, 5.41) is 0.722. The van der Waals surface area contributed by atoms with Gasteiger partial charge in [-0.05, 0) is 40.8 Å². The van der Waals surface area contributed by atoms with Crippen LogP contribution in [0.4, 0.5) is 0 Å². The van der Waals surface area contributed by atoms with Crippen molar-refractivity contribution in [2.45, 2.75) is 0 Å². The van der Waals surface area contributed by atoms with Crippen LogP contribution in [-0.4, -0.2) is 10.9 Å². The number of hydrogen-bond donors (Lipinski definition) is 1. The number of aromatic nitrogens is 1. The van der Waals surface area contributed by atoms with Crippen molar-refractivity contribution in [1.82, 2.24) is 4.98 Å². The predicted octanol–water partition coefficient (Wildman–Crippen LogP) is 3.73. The number of primary amides is 1. The minimum Gasteiger partial charge on any atom is -0.438 e. The number of benzene rings is 2. The molecule has 3 aromatic rings. The summed E-state index contributed by atoms with van der Waals surface area (Å²) < 4.78 is 6.75. The quantitative estimate of drug-likeness (QED) is 0.694. The van der Waals surface area contributed by atoms with Gasteiger partial charge in [-0.2, -0.15) is 0 Å². The van der Waals surface area contributed by atoms with E-state index in [-0.39, 0.29) is 0 Å². The van der Waals surface area contributed by atoms with Gasteiger partial charge in [0.05, 0.1) is 14.7 Å². The van der Waals surface area contributed by atoms with Crippen LogP contribution in [0.5, 0.6) is 11.6 Å². The highest BCUT2D eigenvalue weighted by molar-refractivity contribution is 14.1. The van der Waals surface area contributed by atoms with Gasteiger partial charge in [0.2, 0.25) is 11.8 Å². The van der Waals surface area contributed by atoms with E-state index >= 15 is 0 Å². The molecule has 2 aromatic carbocycles. The van der Waals surface area contributed by atoms with Crippen LogP contribution in [0, 0.1) is 3.57 Å². The summed E-state index contributed by atoms with van der Waals surface area (Å²) in [6.45, 7) is 0. The summed E-state index contributed by atoms with van der Waals surface area (Å²) in [5.74, 6) is 0.545. The van der Waals surface area contributed by atoms with E-state index in [0.717, 1.165) is 8.96 Å². The zero-order valence-electron chi connectivity index (χ0n) is 10.9. The van der Waals surface area contributed by atoms with Crippen LogP contribution in [0.25, 0.3) is 10.9 Å². The van der Waals surface area contributed by atoms with Crippen LogP contribution < -0.4 is 10.5 Å². The Kier molecular flexibility index (Phi) is 3.74. The molecule has 5 heteroatoms. The molecule has 0 bridgehead atoms. The van der Waals surface area contributed by atoms with Crippen molar-refractivity contribution in [3.63, 3.8) is 0 Å². The molecule has 3 rings (SSSR count). The fourth-order valence-corrected chi connectivity index (χ4v) is 2.54. The number of nitrogens with zero attached hydrogens (tertiary/aromatic N) is 1. The zero-order valence-corrected chi connectivity index (χ0v) is 13.1. The summed E-state index contributed by atoms with van der Waals surface area (Å²) in [6.07, 6.45) is 0. The number of hydrogen-bond acceptors (Lipinski definition) is 3. The Bertz CT molecular complexity index is 833. The van der Waals surface area contributed by atoms with Gasteiger partial charge in [0.25, 0.3) is 0 Å². The van der Waals surface area contributed by atoms with Crippen LogP contribution in [0.2, 0.25) is 0 Å². The Morgan fingerprint density at radius 2 is 1.81 bits per heavy atom. The first-order valence-electron chi connectivity index (χ1n) is 6.27. The highest BCUT2D eigenvalue weighted by Crippen LogP contribution is 2.28. The molecule has 1 amide bonds. The second kappa shape index (κ2) is 5.69. The third kappa shape index (κ3) is 2.82. The Labute approximate surface area is 135 Å². The van der Waals surface area contributed by atoms with E-state index < -0.39 is 5.91 Å². The molecule has 2 N–H and O–H groups in total. The van der Waals surface area contributed by atoms with E-state index in [4.69, 9.17) is 10.5 Å². The monoisotopic (exact) mass is 390 g/mol. The number of pyridine rings is 1. The molecule has 0 atom stereocenters. The molecule has 0 radical (unpaired) electrons. The maximum atomic E-state index is 11.6. The predicted molar refractivity (Wildman–Crippen MR) is 89.5 cm³/mol. The average Bonchev–Trinajstić information content (AvgIpc) is 2.48. The number of fused-ring (bicyclic) bond motifs is 1. The van der Waals surface area contributed by atoms with Gasteiger partial charge in [-0.25, -0.2) is 4.98 Å². The normalized spacial score (nSPS) is 10.5. The Morgan fingerprint density at radius 3 is 2.57 bits per heavy atom. The average molecular weight is 390 g/mol.